The molecule has 0 spiro atoms. The van der Waals surface area contributed by atoms with Crippen LogP contribution in [0.2, 0.25) is 0 Å². The first-order valence-electron chi connectivity index (χ1n) is 6.68. The molecule has 1 saturated heterocycles. The standard InChI is InChI=1S/C12H18N4O2/c17-10(7-8-3-1-4-8)14-12-16-15-11(18-12)9-5-2-6-13-9/h8-9,13H,1-7H2,(H,14,16,17). The van der Waals surface area contributed by atoms with Crippen LogP contribution in [0, 0.1) is 5.92 Å². The highest BCUT2D eigenvalue weighted by Crippen LogP contribution is 2.29. The van der Waals surface area contributed by atoms with Crippen LogP contribution in [0.5, 0.6) is 0 Å². The third kappa shape index (κ3) is 2.53. The van der Waals surface area contributed by atoms with Gasteiger partial charge in [0.2, 0.25) is 11.8 Å². The zero-order valence-electron chi connectivity index (χ0n) is 10.3. The fourth-order valence-electron chi connectivity index (χ4n) is 2.45. The molecule has 2 heterocycles. The Labute approximate surface area is 106 Å². The highest BCUT2D eigenvalue weighted by Gasteiger charge is 2.24. The summed E-state index contributed by atoms with van der Waals surface area (Å²) in [6.07, 6.45) is 6.27. The third-order valence-electron chi connectivity index (χ3n) is 3.74. The van der Waals surface area contributed by atoms with Crippen molar-refractivity contribution in [3.05, 3.63) is 5.89 Å². The minimum absolute atomic E-state index is 0.0192. The van der Waals surface area contributed by atoms with Gasteiger partial charge in [-0.1, -0.05) is 11.5 Å². The van der Waals surface area contributed by atoms with Crippen molar-refractivity contribution in [3.63, 3.8) is 0 Å². The van der Waals surface area contributed by atoms with Gasteiger partial charge in [-0.3, -0.25) is 10.1 Å². The largest absolute Gasteiger partial charge is 0.406 e. The Hall–Kier alpha value is -1.43. The van der Waals surface area contributed by atoms with E-state index in [1.165, 1.54) is 6.42 Å². The molecule has 2 fully saturated rings. The molecule has 3 rings (SSSR count). The first-order chi connectivity index (χ1) is 8.81. The quantitative estimate of drug-likeness (QED) is 0.848. The number of hydrogen-bond donors (Lipinski definition) is 2. The summed E-state index contributed by atoms with van der Waals surface area (Å²) in [6.45, 7) is 0.983. The van der Waals surface area contributed by atoms with E-state index < -0.39 is 0 Å². The van der Waals surface area contributed by atoms with Crippen molar-refractivity contribution < 1.29 is 9.21 Å². The van der Waals surface area contributed by atoms with Gasteiger partial charge in [-0.25, -0.2) is 0 Å². The second kappa shape index (κ2) is 5.06. The lowest BCUT2D eigenvalue weighted by molar-refractivity contribution is -0.117. The Morgan fingerprint density at radius 2 is 2.22 bits per heavy atom. The summed E-state index contributed by atoms with van der Waals surface area (Å²) in [5.41, 5.74) is 0. The highest BCUT2D eigenvalue weighted by molar-refractivity contribution is 5.88. The lowest BCUT2D eigenvalue weighted by Crippen LogP contribution is -2.21. The van der Waals surface area contributed by atoms with Gasteiger partial charge in [0.15, 0.2) is 0 Å². The number of amides is 1. The molecule has 0 aromatic carbocycles. The van der Waals surface area contributed by atoms with Crippen molar-refractivity contribution in [3.8, 4) is 0 Å². The van der Waals surface area contributed by atoms with Crippen LogP contribution in [0.25, 0.3) is 0 Å². The number of carbonyl (C=O) groups excluding carboxylic acids is 1. The average Bonchev–Trinajstić information content (AvgIpc) is 2.92. The molecular formula is C12H18N4O2. The van der Waals surface area contributed by atoms with Crippen LogP contribution in [0.1, 0.15) is 50.5 Å². The molecule has 1 amide bonds. The molecule has 1 unspecified atom stereocenters. The molecular weight excluding hydrogens is 232 g/mol. The first-order valence-corrected chi connectivity index (χ1v) is 6.68. The van der Waals surface area contributed by atoms with Crippen LogP contribution in [-0.2, 0) is 4.79 Å². The van der Waals surface area contributed by atoms with Gasteiger partial charge < -0.3 is 9.73 Å². The van der Waals surface area contributed by atoms with Crippen molar-refractivity contribution in [1.29, 1.82) is 0 Å². The maximum atomic E-state index is 11.7. The van der Waals surface area contributed by atoms with Crippen molar-refractivity contribution in [2.24, 2.45) is 5.92 Å². The normalized spacial score (nSPS) is 23.9. The van der Waals surface area contributed by atoms with Gasteiger partial charge in [0.25, 0.3) is 0 Å². The van der Waals surface area contributed by atoms with Crippen LogP contribution in [0.3, 0.4) is 0 Å². The predicted molar refractivity (Wildman–Crippen MR) is 64.9 cm³/mol. The highest BCUT2D eigenvalue weighted by atomic mass is 16.4. The molecule has 1 aliphatic carbocycles. The van der Waals surface area contributed by atoms with Gasteiger partial charge in [-0.15, -0.1) is 5.10 Å². The van der Waals surface area contributed by atoms with E-state index in [9.17, 15) is 4.79 Å². The van der Waals surface area contributed by atoms with E-state index in [4.69, 9.17) is 4.42 Å². The predicted octanol–water partition coefficient (Wildman–Crippen LogP) is 1.62. The van der Waals surface area contributed by atoms with Crippen molar-refractivity contribution in [2.75, 3.05) is 11.9 Å². The summed E-state index contributed by atoms with van der Waals surface area (Å²) < 4.78 is 5.45. The number of nitrogens with one attached hydrogen (secondary N) is 2. The summed E-state index contributed by atoms with van der Waals surface area (Å²) in [5.74, 6) is 1.10. The van der Waals surface area contributed by atoms with Crippen LogP contribution in [0.15, 0.2) is 4.42 Å². The molecule has 1 saturated carbocycles. The Morgan fingerprint density at radius 3 is 2.89 bits per heavy atom. The van der Waals surface area contributed by atoms with Gasteiger partial charge in [0.1, 0.15) is 0 Å². The van der Waals surface area contributed by atoms with Gasteiger partial charge >= 0.3 is 6.01 Å². The van der Waals surface area contributed by atoms with Crippen LogP contribution >= 0.6 is 0 Å². The molecule has 2 N–H and O–H groups in total. The number of carbonyl (C=O) groups is 1. The zero-order chi connectivity index (χ0) is 12.4. The lowest BCUT2D eigenvalue weighted by Gasteiger charge is -2.23. The second-order valence-corrected chi connectivity index (χ2v) is 5.14. The Morgan fingerprint density at radius 1 is 1.33 bits per heavy atom. The third-order valence-corrected chi connectivity index (χ3v) is 3.74. The van der Waals surface area contributed by atoms with Gasteiger partial charge in [0, 0.05) is 6.42 Å². The molecule has 2 aliphatic rings. The van der Waals surface area contributed by atoms with Gasteiger partial charge in [-0.05, 0) is 38.1 Å². The molecule has 0 radical (unpaired) electrons. The van der Waals surface area contributed by atoms with Crippen molar-refractivity contribution in [2.45, 2.75) is 44.6 Å². The molecule has 1 aromatic rings. The molecule has 98 valence electrons. The van der Waals surface area contributed by atoms with E-state index in [2.05, 4.69) is 20.8 Å². The average molecular weight is 250 g/mol. The maximum Gasteiger partial charge on any atom is 0.322 e. The van der Waals surface area contributed by atoms with E-state index >= 15 is 0 Å². The fourth-order valence-corrected chi connectivity index (χ4v) is 2.45. The number of aromatic nitrogens is 2. The number of rotatable bonds is 4. The SMILES string of the molecule is O=C(CC1CCC1)Nc1nnc(C2CCCN2)o1. The number of nitrogens with zero attached hydrogens (tertiary/aromatic N) is 2. The maximum absolute atomic E-state index is 11.7. The first kappa shape index (κ1) is 11.6. The number of hydrogen-bond acceptors (Lipinski definition) is 5. The molecule has 1 aromatic heterocycles. The smallest absolute Gasteiger partial charge is 0.322 e. The molecule has 6 nitrogen and oxygen atoms in total. The Kier molecular flexibility index (Phi) is 3.27. The van der Waals surface area contributed by atoms with Crippen LogP contribution < -0.4 is 10.6 Å². The Balaban J connectivity index is 1.53. The van der Waals surface area contributed by atoms with Gasteiger partial charge in [-0.2, -0.15) is 0 Å². The van der Waals surface area contributed by atoms with Crippen LogP contribution in [0.4, 0.5) is 6.01 Å². The molecule has 0 bridgehead atoms. The van der Waals surface area contributed by atoms with Crippen molar-refractivity contribution >= 4 is 11.9 Å². The molecule has 1 atom stereocenters. The van der Waals surface area contributed by atoms with E-state index in [-0.39, 0.29) is 18.0 Å². The summed E-state index contributed by atoms with van der Waals surface area (Å²) in [6, 6.07) is 0.373. The van der Waals surface area contributed by atoms with Crippen molar-refractivity contribution in [1.82, 2.24) is 15.5 Å². The van der Waals surface area contributed by atoms with E-state index in [0.29, 0.717) is 18.2 Å². The van der Waals surface area contributed by atoms with Gasteiger partial charge in [0.05, 0.1) is 6.04 Å². The molecule has 1 aliphatic heterocycles. The van der Waals surface area contributed by atoms with E-state index in [1.807, 2.05) is 0 Å². The topological polar surface area (TPSA) is 80.0 Å². The van der Waals surface area contributed by atoms with Crippen LogP contribution in [-0.4, -0.2) is 22.6 Å². The summed E-state index contributed by atoms with van der Waals surface area (Å²) in [7, 11) is 0. The summed E-state index contributed by atoms with van der Waals surface area (Å²) in [4.78, 5) is 11.7. The molecule has 6 heteroatoms. The minimum Gasteiger partial charge on any atom is -0.406 e. The summed E-state index contributed by atoms with van der Waals surface area (Å²) in [5, 5.41) is 13.8. The van der Waals surface area contributed by atoms with E-state index in [0.717, 1.165) is 32.2 Å². The monoisotopic (exact) mass is 250 g/mol. The van der Waals surface area contributed by atoms with E-state index in [1.54, 1.807) is 0 Å². The zero-order valence-corrected chi connectivity index (χ0v) is 10.3. The Bertz CT molecular complexity index is 421. The fraction of sp³-hybridized carbons (Fsp3) is 0.750. The lowest BCUT2D eigenvalue weighted by atomic mass is 9.83. The number of anilines is 1. The summed E-state index contributed by atoms with van der Waals surface area (Å²) >= 11 is 0. The minimum atomic E-state index is -0.0192. The second-order valence-electron chi connectivity index (χ2n) is 5.14. The molecule has 18 heavy (non-hydrogen) atoms.